The van der Waals surface area contributed by atoms with Gasteiger partial charge >= 0.3 is 0 Å². The molecule has 144 valence electrons. The van der Waals surface area contributed by atoms with Gasteiger partial charge in [0, 0.05) is 18.0 Å². The van der Waals surface area contributed by atoms with Gasteiger partial charge in [0.05, 0.1) is 10.8 Å². The molecule has 5 nitrogen and oxygen atoms in total. The average Bonchev–Trinajstić information content (AvgIpc) is 3.00. The monoisotopic (exact) mass is 446 g/mol. The SMILES string of the molecule is CN(NS(=O)(=O)c1ccc(Cl)cc1)C(=O)[C@@H]1Cc2ccccc2[C@H]1C(Cl)Cl. The van der Waals surface area contributed by atoms with E-state index < -0.39 is 32.6 Å². The molecule has 0 bridgehead atoms. The van der Waals surface area contributed by atoms with E-state index in [0.29, 0.717) is 11.4 Å². The van der Waals surface area contributed by atoms with Gasteiger partial charge in [-0.1, -0.05) is 35.9 Å². The molecule has 3 rings (SSSR count). The Morgan fingerprint density at radius 2 is 1.78 bits per heavy atom. The maximum Gasteiger partial charge on any atom is 0.257 e. The number of hydrogen-bond donors (Lipinski definition) is 1. The summed E-state index contributed by atoms with van der Waals surface area (Å²) in [6.45, 7) is 0. The van der Waals surface area contributed by atoms with Crippen molar-refractivity contribution in [2.45, 2.75) is 22.1 Å². The van der Waals surface area contributed by atoms with Gasteiger partial charge in [-0.2, -0.15) is 0 Å². The standard InChI is InChI=1S/C18H17Cl3N2O3S/c1-23(22-27(25,26)13-8-6-12(19)7-9-13)18(24)15-10-11-4-2-3-5-14(11)16(15)17(20)21/h2-9,15-17,22H,10H2,1H3/t15-,16-/m1/s1. The van der Waals surface area contributed by atoms with E-state index in [4.69, 9.17) is 34.8 Å². The molecule has 1 N–H and O–H groups in total. The Balaban J connectivity index is 1.80. The average molecular weight is 448 g/mol. The molecule has 1 aliphatic rings. The second kappa shape index (κ2) is 7.97. The van der Waals surface area contributed by atoms with Crippen LogP contribution in [0.5, 0.6) is 0 Å². The minimum Gasteiger partial charge on any atom is -0.273 e. The van der Waals surface area contributed by atoms with Crippen LogP contribution in [0.1, 0.15) is 17.0 Å². The van der Waals surface area contributed by atoms with Crippen molar-refractivity contribution in [2.75, 3.05) is 7.05 Å². The number of nitrogens with one attached hydrogen (secondary N) is 1. The van der Waals surface area contributed by atoms with E-state index in [1.807, 2.05) is 24.3 Å². The molecule has 2 atom stereocenters. The molecular formula is C18H17Cl3N2O3S. The molecule has 1 aliphatic carbocycles. The van der Waals surface area contributed by atoms with E-state index >= 15 is 0 Å². The summed E-state index contributed by atoms with van der Waals surface area (Å²) < 4.78 is 25.0. The number of hydrazine groups is 1. The molecule has 0 spiro atoms. The lowest BCUT2D eigenvalue weighted by atomic mass is 9.93. The van der Waals surface area contributed by atoms with E-state index in [-0.39, 0.29) is 4.90 Å². The predicted molar refractivity (Wildman–Crippen MR) is 106 cm³/mol. The van der Waals surface area contributed by atoms with Crippen molar-refractivity contribution < 1.29 is 13.2 Å². The van der Waals surface area contributed by atoms with Crippen LogP contribution in [0.15, 0.2) is 53.4 Å². The number of halogens is 3. The van der Waals surface area contributed by atoms with Crippen LogP contribution in [0, 0.1) is 5.92 Å². The Bertz CT molecular complexity index is 949. The molecule has 1 amide bonds. The highest BCUT2D eigenvalue weighted by Gasteiger charge is 2.42. The fourth-order valence-corrected chi connectivity index (χ4v) is 5.12. The van der Waals surface area contributed by atoms with Crippen LogP contribution in [0.2, 0.25) is 5.02 Å². The Morgan fingerprint density at radius 3 is 2.41 bits per heavy atom. The molecule has 0 fully saturated rings. The molecule has 0 saturated heterocycles. The molecule has 0 saturated carbocycles. The lowest BCUT2D eigenvalue weighted by Gasteiger charge is -2.26. The first kappa shape index (κ1) is 20.4. The predicted octanol–water partition coefficient (Wildman–Crippen LogP) is 3.75. The summed E-state index contributed by atoms with van der Waals surface area (Å²) in [6, 6.07) is 13.2. The largest absolute Gasteiger partial charge is 0.273 e. The van der Waals surface area contributed by atoms with E-state index in [1.54, 1.807) is 0 Å². The number of carbonyl (C=O) groups is 1. The van der Waals surface area contributed by atoms with Crippen LogP contribution >= 0.6 is 34.8 Å². The maximum absolute atomic E-state index is 13.0. The second-order valence-corrected chi connectivity index (χ2v) is 9.58. The van der Waals surface area contributed by atoms with E-state index in [2.05, 4.69) is 4.83 Å². The third-order valence-corrected chi connectivity index (χ3v) is 6.79. The van der Waals surface area contributed by atoms with E-state index in [1.165, 1.54) is 31.3 Å². The quantitative estimate of drug-likeness (QED) is 0.561. The number of alkyl halides is 2. The first-order chi connectivity index (χ1) is 12.7. The van der Waals surface area contributed by atoms with Crippen LogP contribution in [-0.4, -0.2) is 31.2 Å². The minimum atomic E-state index is -3.93. The smallest absolute Gasteiger partial charge is 0.257 e. The highest BCUT2D eigenvalue weighted by molar-refractivity contribution is 7.89. The summed E-state index contributed by atoms with van der Waals surface area (Å²) in [5.41, 5.74) is 1.90. The van der Waals surface area contributed by atoms with Gasteiger partial charge in [-0.05, 0) is 41.8 Å². The molecule has 0 aromatic heterocycles. The zero-order valence-electron chi connectivity index (χ0n) is 14.3. The summed E-state index contributed by atoms with van der Waals surface area (Å²) in [6.07, 6.45) is 0.447. The second-order valence-electron chi connectivity index (χ2n) is 6.32. The minimum absolute atomic E-state index is 0.00497. The lowest BCUT2D eigenvalue weighted by molar-refractivity contribution is -0.136. The van der Waals surface area contributed by atoms with Crippen LogP contribution in [0.3, 0.4) is 0 Å². The molecule has 2 aromatic rings. The Kier molecular flexibility index (Phi) is 6.03. The van der Waals surface area contributed by atoms with Gasteiger partial charge < -0.3 is 0 Å². The molecule has 0 heterocycles. The first-order valence-electron chi connectivity index (χ1n) is 8.12. The summed E-state index contributed by atoms with van der Waals surface area (Å²) in [4.78, 5) is 14.5. The summed E-state index contributed by atoms with van der Waals surface area (Å²) in [5, 5.41) is 1.39. The highest BCUT2D eigenvalue weighted by atomic mass is 35.5. The van der Waals surface area contributed by atoms with Crippen molar-refractivity contribution in [1.29, 1.82) is 0 Å². The van der Waals surface area contributed by atoms with Gasteiger partial charge in [-0.3, -0.25) is 9.80 Å². The van der Waals surface area contributed by atoms with Crippen LogP contribution < -0.4 is 4.83 Å². The molecule has 0 unspecified atom stereocenters. The zero-order chi connectivity index (χ0) is 19.8. The first-order valence-corrected chi connectivity index (χ1v) is 10.9. The number of carbonyl (C=O) groups excluding carboxylic acids is 1. The topological polar surface area (TPSA) is 66.5 Å². The van der Waals surface area contributed by atoms with Crippen LogP contribution in [-0.2, 0) is 21.2 Å². The van der Waals surface area contributed by atoms with Gasteiger partial charge in [0.15, 0.2) is 0 Å². The third kappa shape index (κ3) is 4.25. The van der Waals surface area contributed by atoms with Crippen LogP contribution in [0.25, 0.3) is 0 Å². The number of rotatable bonds is 5. The van der Waals surface area contributed by atoms with E-state index in [0.717, 1.165) is 16.1 Å². The maximum atomic E-state index is 13.0. The normalized spacial score (nSPS) is 19.1. The molecule has 27 heavy (non-hydrogen) atoms. The van der Waals surface area contributed by atoms with E-state index in [9.17, 15) is 13.2 Å². The Morgan fingerprint density at radius 1 is 1.15 bits per heavy atom. The van der Waals surface area contributed by atoms with Crippen molar-refractivity contribution in [2.24, 2.45) is 5.92 Å². The van der Waals surface area contributed by atoms with Crippen molar-refractivity contribution in [3.63, 3.8) is 0 Å². The number of hydrogen-bond acceptors (Lipinski definition) is 3. The number of amides is 1. The summed E-state index contributed by atoms with van der Waals surface area (Å²) in [7, 11) is -2.56. The summed E-state index contributed by atoms with van der Waals surface area (Å²) in [5.74, 6) is -1.36. The molecule has 9 heteroatoms. The Hall–Kier alpha value is -1.31. The molecule has 0 aliphatic heterocycles. The Labute approximate surface area is 173 Å². The number of sulfonamides is 1. The third-order valence-electron chi connectivity index (χ3n) is 4.59. The number of fused-ring (bicyclic) bond motifs is 1. The highest BCUT2D eigenvalue weighted by Crippen LogP contribution is 2.43. The van der Waals surface area contributed by atoms with Gasteiger partial charge in [-0.15, -0.1) is 28.0 Å². The van der Waals surface area contributed by atoms with Crippen molar-refractivity contribution in [3.05, 3.63) is 64.7 Å². The van der Waals surface area contributed by atoms with Gasteiger partial charge in [0.1, 0.15) is 4.84 Å². The van der Waals surface area contributed by atoms with Crippen LogP contribution in [0.4, 0.5) is 0 Å². The van der Waals surface area contributed by atoms with Crippen molar-refractivity contribution in [3.8, 4) is 0 Å². The van der Waals surface area contributed by atoms with Crippen molar-refractivity contribution in [1.82, 2.24) is 9.84 Å². The van der Waals surface area contributed by atoms with Gasteiger partial charge in [-0.25, -0.2) is 8.42 Å². The fraction of sp³-hybridized carbons (Fsp3) is 0.278. The van der Waals surface area contributed by atoms with Crippen molar-refractivity contribution >= 4 is 50.7 Å². The zero-order valence-corrected chi connectivity index (χ0v) is 17.4. The number of nitrogens with zero attached hydrogens (tertiary/aromatic N) is 1. The molecular weight excluding hydrogens is 431 g/mol. The molecule has 0 radical (unpaired) electrons. The summed E-state index contributed by atoms with van der Waals surface area (Å²) >= 11 is 18.1. The van der Waals surface area contributed by atoms with Gasteiger partial charge in [0.2, 0.25) is 5.91 Å². The fourth-order valence-electron chi connectivity index (χ4n) is 3.32. The van der Waals surface area contributed by atoms with Gasteiger partial charge in [0.25, 0.3) is 10.0 Å². The lowest BCUT2D eigenvalue weighted by Crippen LogP contribution is -2.47. The molecule has 2 aromatic carbocycles. The number of benzene rings is 2.